The molecule has 0 aliphatic carbocycles. The average molecular weight is 232 g/mol. The summed E-state index contributed by atoms with van der Waals surface area (Å²) in [5.74, 6) is 1.30. The molecular formula is C11H16N6. The van der Waals surface area contributed by atoms with Crippen molar-refractivity contribution >= 4 is 17.4 Å². The molecule has 0 unspecified atom stereocenters. The lowest BCUT2D eigenvalue weighted by atomic mass is 10.0. The van der Waals surface area contributed by atoms with Crippen LogP contribution in [0.1, 0.15) is 26.2 Å². The molecule has 0 bridgehead atoms. The van der Waals surface area contributed by atoms with E-state index in [1.807, 2.05) is 10.6 Å². The Morgan fingerprint density at radius 2 is 2.24 bits per heavy atom. The van der Waals surface area contributed by atoms with E-state index >= 15 is 0 Å². The Hall–Kier alpha value is -1.85. The zero-order chi connectivity index (χ0) is 11.8. The van der Waals surface area contributed by atoms with Gasteiger partial charge in [-0.15, -0.1) is 10.2 Å². The van der Waals surface area contributed by atoms with Gasteiger partial charge in [0, 0.05) is 25.0 Å². The smallest absolute Gasteiger partial charge is 0.232 e. The van der Waals surface area contributed by atoms with Crippen LogP contribution in [-0.4, -0.2) is 32.2 Å². The Kier molecular flexibility index (Phi) is 2.35. The summed E-state index contributed by atoms with van der Waals surface area (Å²) in [6, 6.07) is 0.505. The highest BCUT2D eigenvalue weighted by Gasteiger charge is 2.23. The first kappa shape index (κ1) is 10.3. The van der Waals surface area contributed by atoms with Crippen molar-refractivity contribution in [3.05, 3.63) is 12.4 Å². The molecule has 0 radical (unpaired) electrons. The molecule has 1 fully saturated rings. The maximum Gasteiger partial charge on any atom is 0.232 e. The molecule has 0 spiro atoms. The molecule has 1 aliphatic rings. The second-order valence-electron chi connectivity index (χ2n) is 4.54. The van der Waals surface area contributed by atoms with Crippen molar-refractivity contribution in [1.29, 1.82) is 0 Å². The number of fused-ring (bicyclic) bond motifs is 1. The molecule has 2 N–H and O–H groups in total. The van der Waals surface area contributed by atoms with E-state index < -0.39 is 0 Å². The van der Waals surface area contributed by atoms with E-state index in [4.69, 9.17) is 5.73 Å². The van der Waals surface area contributed by atoms with Crippen LogP contribution in [-0.2, 0) is 0 Å². The SMILES string of the molecule is C[C@H]1CCCCN1c1nnc2c(N)nccn12. The van der Waals surface area contributed by atoms with Crippen LogP contribution >= 0.6 is 0 Å². The maximum absolute atomic E-state index is 5.78. The number of aromatic nitrogens is 4. The Balaban J connectivity index is 2.08. The fourth-order valence-corrected chi connectivity index (χ4v) is 2.42. The van der Waals surface area contributed by atoms with E-state index in [0.717, 1.165) is 12.5 Å². The van der Waals surface area contributed by atoms with Crippen molar-refractivity contribution in [2.24, 2.45) is 0 Å². The van der Waals surface area contributed by atoms with E-state index in [0.29, 0.717) is 17.5 Å². The predicted molar refractivity (Wildman–Crippen MR) is 65.9 cm³/mol. The van der Waals surface area contributed by atoms with E-state index in [-0.39, 0.29) is 0 Å². The maximum atomic E-state index is 5.78. The van der Waals surface area contributed by atoms with E-state index in [2.05, 4.69) is 27.0 Å². The molecule has 3 rings (SSSR count). The summed E-state index contributed by atoms with van der Waals surface area (Å²) in [5, 5.41) is 8.36. The Morgan fingerprint density at radius 3 is 3.06 bits per heavy atom. The minimum Gasteiger partial charge on any atom is -0.381 e. The lowest BCUT2D eigenvalue weighted by molar-refractivity contribution is 0.476. The van der Waals surface area contributed by atoms with Crippen molar-refractivity contribution in [2.45, 2.75) is 32.2 Å². The number of nitrogens with two attached hydrogens (primary N) is 1. The van der Waals surface area contributed by atoms with Crippen molar-refractivity contribution in [3.8, 4) is 0 Å². The first-order chi connectivity index (χ1) is 8.27. The highest BCUT2D eigenvalue weighted by molar-refractivity contribution is 5.61. The van der Waals surface area contributed by atoms with Gasteiger partial charge >= 0.3 is 0 Å². The highest BCUT2D eigenvalue weighted by Crippen LogP contribution is 2.24. The second-order valence-corrected chi connectivity index (χ2v) is 4.54. The lowest BCUT2D eigenvalue weighted by Crippen LogP contribution is -2.38. The van der Waals surface area contributed by atoms with Gasteiger partial charge in [-0.05, 0) is 26.2 Å². The van der Waals surface area contributed by atoms with Gasteiger partial charge in [-0.3, -0.25) is 4.40 Å². The quantitative estimate of drug-likeness (QED) is 0.796. The largest absolute Gasteiger partial charge is 0.381 e. The molecule has 0 saturated carbocycles. The first-order valence-electron chi connectivity index (χ1n) is 5.99. The fourth-order valence-electron chi connectivity index (χ4n) is 2.42. The Bertz CT molecular complexity index is 534. The lowest BCUT2D eigenvalue weighted by Gasteiger charge is -2.33. The van der Waals surface area contributed by atoms with Crippen LogP contribution in [0.5, 0.6) is 0 Å². The van der Waals surface area contributed by atoms with Gasteiger partial charge in [0.25, 0.3) is 0 Å². The van der Waals surface area contributed by atoms with Crippen LogP contribution < -0.4 is 10.6 Å². The summed E-state index contributed by atoms with van der Waals surface area (Å²) >= 11 is 0. The number of nitrogen functional groups attached to an aromatic ring is 1. The van der Waals surface area contributed by atoms with Gasteiger partial charge in [0.15, 0.2) is 5.82 Å². The van der Waals surface area contributed by atoms with E-state index in [1.54, 1.807) is 6.20 Å². The van der Waals surface area contributed by atoms with Gasteiger partial charge < -0.3 is 10.6 Å². The van der Waals surface area contributed by atoms with Crippen LogP contribution in [0.25, 0.3) is 5.65 Å². The van der Waals surface area contributed by atoms with Crippen molar-refractivity contribution < 1.29 is 0 Å². The predicted octanol–water partition coefficient (Wildman–Crippen LogP) is 1.09. The molecule has 3 heterocycles. The van der Waals surface area contributed by atoms with E-state index in [9.17, 15) is 0 Å². The first-order valence-corrected chi connectivity index (χ1v) is 5.99. The standard InChI is InChI=1S/C11H16N6/c1-8-4-2-3-6-16(8)11-15-14-10-9(12)13-5-7-17(10)11/h5,7-8H,2-4,6H2,1H3,(H2,12,13)/t8-/m0/s1. The van der Waals surface area contributed by atoms with Crippen LogP contribution in [0, 0.1) is 0 Å². The van der Waals surface area contributed by atoms with Gasteiger partial charge in [-0.1, -0.05) is 0 Å². The Labute approximate surface area is 99.5 Å². The average Bonchev–Trinajstić information content (AvgIpc) is 2.75. The zero-order valence-corrected chi connectivity index (χ0v) is 9.87. The van der Waals surface area contributed by atoms with Gasteiger partial charge in [0.2, 0.25) is 11.6 Å². The van der Waals surface area contributed by atoms with Gasteiger partial charge in [-0.2, -0.15) is 0 Å². The van der Waals surface area contributed by atoms with Gasteiger partial charge in [0.05, 0.1) is 0 Å². The third-order valence-electron chi connectivity index (χ3n) is 3.40. The van der Waals surface area contributed by atoms with E-state index in [1.165, 1.54) is 19.3 Å². The number of rotatable bonds is 1. The molecular weight excluding hydrogens is 216 g/mol. The zero-order valence-electron chi connectivity index (χ0n) is 9.87. The number of piperidine rings is 1. The fraction of sp³-hybridized carbons (Fsp3) is 0.545. The molecule has 1 aliphatic heterocycles. The van der Waals surface area contributed by atoms with Gasteiger partial charge in [0.1, 0.15) is 0 Å². The molecule has 0 aromatic carbocycles. The summed E-state index contributed by atoms with van der Waals surface area (Å²) in [4.78, 5) is 6.32. The molecule has 6 nitrogen and oxygen atoms in total. The molecule has 2 aromatic rings. The molecule has 17 heavy (non-hydrogen) atoms. The molecule has 6 heteroatoms. The number of anilines is 2. The third-order valence-corrected chi connectivity index (χ3v) is 3.40. The minimum atomic E-state index is 0.427. The summed E-state index contributed by atoms with van der Waals surface area (Å²) in [6.45, 7) is 3.26. The third kappa shape index (κ3) is 1.60. The summed E-state index contributed by atoms with van der Waals surface area (Å²) < 4.78 is 1.92. The van der Waals surface area contributed by atoms with Crippen molar-refractivity contribution in [2.75, 3.05) is 17.2 Å². The molecule has 90 valence electrons. The number of hydrogen-bond acceptors (Lipinski definition) is 5. The monoisotopic (exact) mass is 232 g/mol. The van der Waals surface area contributed by atoms with Crippen molar-refractivity contribution in [1.82, 2.24) is 19.6 Å². The molecule has 1 atom stereocenters. The van der Waals surface area contributed by atoms with Crippen LogP contribution in [0.15, 0.2) is 12.4 Å². The summed E-state index contributed by atoms with van der Waals surface area (Å²) in [6.07, 6.45) is 7.25. The normalized spacial score (nSPS) is 21.0. The summed E-state index contributed by atoms with van der Waals surface area (Å²) in [7, 11) is 0. The topological polar surface area (TPSA) is 72.3 Å². The molecule has 0 amide bonds. The van der Waals surface area contributed by atoms with Crippen LogP contribution in [0.2, 0.25) is 0 Å². The van der Waals surface area contributed by atoms with Crippen molar-refractivity contribution in [3.63, 3.8) is 0 Å². The molecule has 1 saturated heterocycles. The summed E-state index contributed by atoms with van der Waals surface area (Å²) in [5.41, 5.74) is 6.42. The number of hydrogen-bond donors (Lipinski definition) is 1. The highest BCUT2D eigenvalue weighted by atomic mass is 15.4. The van der Waals surface area contributed by atoms with Gasteiger partial charge in [-0.25, -0.2) is 4.98 Å². The van der Waals surface area contributed by atoms with Crippen LogP contribution in [0.3, 0.4) is 0 Å². The van der Waals surface area contributed by atoms with Crippen LogP contribution in [0.4, 0.5) is 11.8 Å². The second kappa shape index (κ2) is 3.87. The minimum absolute atomic E-state index is 0.427. The number of nitrogens with zero attached hydrogens (tertiary/aromatic N) is 5. The Morgan fingerprint density at radius 1 is 1.35 bits per heavy atom. The molecule has 2 aromatic heterocycles.